The van der Waals surface area contributed by atoms with Crippen molar-refractivity contribution < 1.29 is 9.90 Å². The number of aliphatic hydroxyl groups is 1. The van der Waals surface area contributed by atoms with Gasteiger partial charge in [0.05, 0.1) is 5.60 Å². The summed E-state index contributed by atoms with van der Waals surface area (Å²) in [6, 6.07) is 0. The highest BCUT2D eigenvalue weighted by molar-refractivity contribution is 5.85. The predicted molar refractivity (Wildman–Crippen MR) is 124 cm³/mol. The Labute approximate surface area is 185 Å². The van der Waals surface area contributed by atoms with Gasteiger partial charge < -0.3 is 5.11 Å². The molecule has 4 aliphatic carbocycles. The Balaban J connectivity index is 1.52. The number of hydrogen-bond acceptors (Lipinski definition) is 2. The van der Waals surface area contributed by atoms with Crippen LogP contribution in [0.3, 0.4) is 0 Å². The summed E-state index contributed by atoms with van der Waals surface area (Å²) in [5, 5.41) is 10.0. The van der Waals surface area contributed by atoms with Crippen molar-refractivity contribution in [2.75, 3.05) is 0 Å². The molecule has 2 saturated carbocycles. The predicted octanol–water partition coefficient (Wildman–Crippen LogP) is 7.25. The minimum absolute atomic E-state index is 0.148. The van der Waals surface area contributed by atoms with Crippen molar-refractivity contribution >= 4 is 5.78 Å². The Bertz CT molecular complexity index is 723. The van der Waals surface area contributed by atoms with E-state index in [1.54, 1.807) is 5.57 Å². The average Bonchev–Trinajstić information content (AvgIpc) is 2.98. The maximum Gasteiger partial charge on any atom is 0.138 e. The Hall–Kier alpha value is -0.630. The molecule has 0 spiro atoms. The Morgan fingerprint density at radius 1 is 0.967 bits per heavy atom. The van der Waals surface area contributed by atoms with Crippen molar-refractivity contribution in [1.82, 2.24) is 0 Å². The number of unbranched alkanes of at least 4 members (excludes halogenated alkanes) is 1. The van der Waals surface area contributed by atoms with E-state index in [1.165, 1.54) is 51.4 Å². The minimum Gasteiger partial charge on any atom is -0.390 e. The lowest BCUT2D eigenvalue weighted by Crippen LogP contribution is -2.52. The van der Waals surface area contributed by atoms with Crippen LogP contribution in [0.25, 0.3) is 0 Å². The van der Waals surface area contributed by atoms with Gasteiger partial charge in [-0.15, -0.1) is 0 Å². The maximum atomic E-state index is 12.7. The fourth-order valence-corrected chi connectivity index (χ4v) is 8.63. The Morgan fingerprint density at radius 2 is 1.70 bits per heavy atom. The van der Waals surface area contributed by atoms with E-state index < -0.39 is 5.60 Å². The molecule has 0 aromatic rings. The second kappa shape index (κ2) is 7.46. The molecule has 5 unspecified atom stereocenters. The van der Waals surface area contributed by atoms with Crippen LogP contribution in [0.4, 0.5) is 0 Å². The normalized spacial score (nSPS) is 40.8. The molecule has 4 rings (SSSR count). The topological polar surface area (TPSA) is 37.3 Å². The molecule has 4 aliphatic rings. The summed E-state index contributed by atoms with van der Waals surface area (Å²) in [6.45, 7) is 13.5. The number of carbonyl (C=O) groups is 1. The first-order chi connectivity index (χ1) is 13.9. The molecule has 0 bridgehead atoms. The van der Waals surface area contributed by atoms with Crippen LogP contribution >= 0.6 is 0 Å². The number of allylic oxidation sites excluding steroid dienone is 2. The van der Waals surface area contributed by atoms with Crippen LogP contribution in [0, 0.1) is 34.0 Å². The molecule has 0 saturated heterocycles. The quantitative estimate of drug-likeness (QED) is 0.380. The highest BCUT2D eigenvalue weighted by Crippen LogP contribution is 2.67. The number of hydrogen-bond donors (Lipinski definition) is 1. The molecule has 30 heavy (non-hydrogen) atoms. The van der Waals surface area contributed by atoms with E-state index in [0.717, 1.165) is 37.5 Å². The number of rotatable bonds is 5. The maximum absolute atomic E-state index is 12.7. The van der Waals surface area contributed by atoms with Crippen LogP contribution in [0.15, 0.2) is 11.1 Å². The molecule has 0 heterocycles. The van der Waals surface area contributed by atoms with Gasteiger partial charge in [0, 0.05) is 11.8 Å². The van der Waals surface area contributed by atoms with Crippen molar-refractivity contribution in [3.05, 3.63) is 11.1 Å². The van der Waals surface area contributed by atoms with E-state index >= 15 is 0 Å². The number of fused-ring (bicyclic) bond motifs is 4. The van der Waals surface area contributed by atoms with Crippen LogP contribution in [0.2, 0.25) is 0 Å². The van der Waals surface area contributed by atoms with Crippen molar-refractivity contribution in [1.29, 1.82) is 0 Å². The van der Waals surface area contributed by atoms with E-state index in [-0.39, 0.29) is 10.8 Å². The summed E-state index contributed by atoms with van der Waals surface area (Å²) < 4.78 is 0. The molecule has 0 aromatic carbocycles. The Morgan fingerprint density at radius 3 is 2.40 bits per heavy atom. The molecule has 170 valence electrons. The molecule has 0 aromatic heterocycles. The average molecular weight is 415 g/mol. The zero-order chi connectivity index (χ0) is 21.9. The zero-order valence-corrected chi connectivity index (χ0v) is 20.6. The summed E-state index contributed by atoms with van der Waals surface area (Å²) in [6.07, 6.45) is 14.4. The van der Waals surface area contributed by atoms with Gasteiger partial charge in [0.15, 0.2) is 0 Å². The van der Waals surface area contributed by atoms with Gasteiger partial charge in [-0.25, -0.2) is 0 Å². The van der Waals surface area contributed by atoms with E-state index in [2.05, 4.69) is 27.7 Å². The van der Waals surface area contributed by atoms with E-state index in [0.29, 0.717) is 17.1 Å². The van der Waals surface area contributed by atoms with Gasteiger partial charge in [-0.05, 0) is 100 Å². The summed E-state index contributed by atoms with van der Waals surface area (Å²) in [5.41, 5.74) is 3.71. The number of carbonyl (C=O) groups excluding carboxylic acids is 1. The largest absolute Gasteiger partial charge is 0.390 e. The van der Waals surface area contributed by atoms with E-state index in [9.17, 15) is 9.90 Å². The van der Waals surface area contributed by atoms with Crippen LogP contribution in [-0.2, 0) is 4.79 Å². The van der Waals surface area contributed by atoms with Gasteiger partial charge in [0.2, 0.25) is 0 Å². The van der Waals surface area contributed by atoms with Crippen LogP contribution in [0.1, 0.15) is 119 Å². The lowest BCUT2D eigenvalue weighted by atomic mass is 9.46. The van der Waals surface area contributed by atoms with Crippen molar-refractivity contribution in [2.24, 2.45) is 34.0 Å². The van der Waals surface area contributed by atoms with E-state index in [4.69, 9.17) is 0 Å². The first-order valence-electron chi connectivity index (χ1n) is 12.9. The van der Waals surface area contributed by atoms with Crippen molar-refractivity contribution in [3.8, 4) is 0 Å². The highest BCUT2D eigenvalue weighted by atomic mass is 16.3. The third-order valence-corrected chi connectivity index (χ3v) is 10.5. The van der Waals surface area contributed by atoms with Gasteiger partial charge in [-0.2, -0.15) is 0 Å². The van der Waals surface area contributed by atoms with E-state index in [1.807, 2.05) is 19.4 Å². The molecule has 2 fully saturated rings. The van der Waals surface area contributed by atoms with Crippen LogP contribution < -0.4 is 0 Å². The zero-order valence-electron chi connectivity index (χ0n) is 20.6. The van der Waals surface area contributed by atoms with Crippen molar-refractivity contribution in [2.45, 2.75) is 124 Å². The van der Waals surface area contributed by atoms with Crippen LogP contribution in [0.5, 0.6) is 0 Å². The molecule has 0 aliphatic heterocycles. The second-order valence-electron chi connectivity index (χ2n) is 13.0. The lowest BCUT2D eigenvalue weighted by Gasteiger charge is -2.58. The lowest BCUT2D eigenvalue weighted by molar-refractivity contribution is -0.139. The molecule has 2 heteroatoms. The van der Waals surface area contributed by atoms with Gasteiger partial charge in [0.25, 0.3) is 0 Å². The number of ketones is 1. The standard InChI is InChI=1S/C28H46O2/c1-25(2,30)16-8-7-9-19-10-12-21-20-11-13-23-26(3,4)24(29)15-18-28(23,6)22(20)14-17-27(19,21)5/h19,21,23,30H,7-18H2,1-6H3. The molecule has 0 amide bonds. The number of Topliss-reactive ketones (excluding diaryl/α,β-unsaturated/α-hetero) is 1. The third kappa shape index (κ3) is 3.54. The summed E-state index contributed by atoms with van der Waals surface area (Å²) in [7, 11) is 0. The third-order valence-electron chi connectivity index (χ3n) is 10.5. The molecular formula is C28H46O2. The second-order valence-corrected chi connectivity index (χ2v) is 13.0. The van der Waals surface area contributed by atoms with Crippen LogP contribution in [-0.4, -0.2) is 16.5 Å². The molecule has 0 radical (unpaired) electrons. The first-order valence-corrected chi connectivity index (χ1v) is 12.9. The van der Waals surface area contributed by atoms with Gasteiger partial charge in [-0.1, -0.05) is 51.7 Å². The molecule has 1 N–H and O–H groups in total. The smallest absolute Gasteiger partial charge is 0.138 e. The minimum atomic E-state index is -0.518. The van der Waals surface area contributed by atoms with Gasteiger partial charge in [0.1, 0.15) is 5.78 Å². The molecule has 5 atom stereocenters. The summed E-state index contributed by atoms with van der Waals surface area (Å²) in [4.78, 5) is 12.7. The first kappa shape index (κ1) is 22.6. The van der Waals surface area contributed by atoms with Crippen molar-refractivity contribution in [3.63, 3.8) is 0 Å². The Kier molecular flexibility index (Phi) is 5.61. The monoisotopic (exact) mass is 414 g/mol. The molecular weight excluding hydrogens is 368 g/mol. The summed E-state index contributed by atoms with van der Waals surface area (Å²) in [5.74, 6) is 2.68. The summed E-state index contributed by atoms with van der Waals surface area (Å²) >= 11 is 0. The SMILES string of the molecule is CC(C)(O)CCCCC1CCC2C3=C(CCC12C)C1(C)CCC(=O)C(C)(C)C1CC3. The van der Waals surface area contributed by atoms with Gasteiger partial charge in [-0.3, -0.25) is 4.79 Å². The molecule has 2 nitrogen and oxygen atoms in total. The van der Waals surface area contributed by atoms with Gasteiger partial charge >= 0.3 is 0 Å². The fourth-order valence-electron chi connectivity index (χ4n) is 8.63. The highest BCUT2D eigenvalue weighted by Gasteiger charge is 2.58. The fraction of sp³-hybridized carbons (Fsp3) is 0.893.